The van der Waals surface area contributed by atoms with Gasteiger partial charge in [-0.25, -0.2) is 28.7 Å². The van der Waals surface area contributed by atoms with Gasteiger partial charge in [0.1, 0.15) is 17.2 Å². The molecule has 3 aromatic heterocycles. The zero-order valence-corrected chi connectivity index (χ0v) is 15.2. The molecule has 4 rings (SSSR count). The van der Waals surface area contributed by atoms with E-state index in [1.165, 1.54) is 23.0 Å². The normalized spacial score (nSPS) is 20.1. The molecule has 8 nitrogen and oxygen atoms in total. The molecular weight excluding hydrogens is 368 g/mol. The quantitative estimate of drug-likeness (QED) is 0.736. The van der Waals surface area contributed by atoms with Gasteiger partial charge in [0.15, 0.2) is 11.5 Å². The van der Waals surface area contributed by atoms with E-state index in [9.17, 15) is 13.6 Å². The number of fused-ring (bicyclic) bond motifs is 1. The molecule has 3 aromatic rings. The number of primary amides is 1. The average molecular weight is 387 g/mol. The summed E-state index contributed by atoms with van der Waals surface area (Å²) in [6.07, 6.45) is 4.55. The highest BCUT2D eigenvalue weighted by Gasteiger charge is 2.32. The lowest BCUT2D eigenvalue weighted by Crippen LogP contribution is -2.48. The number of nitrogens with zero attached hydrogens (tertiary/aromatic N) is 6. The SMILES string of the molecule is CC1C(C(N)=O)CCCN1c1ccnc(-c2cnc3cnc(C(F)F)cn23)n1. The maximum atomic E-state index is 13.0. The summed E-state index contributed by atoms with van der Waals surface area (Å²) < 4.78 is 27.5. The summed E-state index contributed by atoms with van der Waals surface area (Å²) in [5.74, 6) is 0.439. The van der Waals surface area contributed by atoms with Crippen molar-refractivity contribution in [3.63, 3.8) is 0 Å². The van der Waals surface area contributed by atoms with E-state index < -0.39 is 6.43 Å². The van der Waals surface area contributed by atoms with Crippen molar-refractivity contribution in [1.29, 1.82) is 0 Å². The number of nitrogens with two attached hydrogens (primary N) is 1. The highest BCUT2D eigenvalue weighted by Crippen LogP contribution is 2.29. The number of carbonyl (C=O) groups is 1. The maximum Gasteiger partial charge on any atom is 0.281 e. The zero-order valence-electron chi connectivity index (χ0n) is 15.2. The first kappa shape index (κ1) is 18.2. The highest BCUT2D eigenvalue weighted by atomic mass is 19.3. The first-order valence-electron chi connectivity index (χ1n) is 8.96. The number of aromatic nitrogens is 5. The van der Waals surface area contributed by atoms with Crippen LogP contribution in [0.25, 0.3) is 17.2 Å². The summed E-state index contributed by atoms with van der Waals surface area (Å²) in [4.78, 5) is 30.5. The molecule has 1 saturated heterocycles. The number of piperidine rings is 1. The molecule has 0 aromatic carbocycles. The standard InChI is InChI=1S/C18H19F2N7O/c1-10-11(17(21)28)3-2-6-26(10)14-4-5-22-18(25-14)13-7-24-15-8-23-12(16(19)20)9-27(13)15/h4-5,7-11,16H,2-3,6H2,1H3,(H2,21,28). The predicted octanol–water partition coefficient (Wildman–Crippen LogP) is 2.21. The molecule has 2 N–H and O–H groups in total. The lowest BCUT2D eigenvalue weighted by molar-refractivity contribution is -0.122. The van der Waals surface area contributed by atoms with Gasteiger partial charge in [0, 0.05) is 25.0 Å². The van der Waals surface area contributed by atoms with E-state index in [1.54, 1.807) is 12.3 Å². The monoisotopic (exact) mass is 387 g/mol. The summed E-state index contributed by atoms with van der Waals surface area (Å²) in [5.41, 5.74) is 6.09. The van der Waals surface area contributed by atoms with Gasteiger partial charge in [-0.2, -0.15) is 0 Å². The van der Waals surface area contributed by atoms with E-state index >= 15 is 0 Å². The van der Waals surface area contributed by atoms with Gasteiger partial charge >= 0.3 is 0 Å². The molecule has 0 spiro atoms. The average Bonchev–Trinajstić information content (AvgIpc) is 3.11. The third-order valence-electron chi connectivity index (χ3n) is 5.16. The molecule has 2 atom stereocenters. The Hall–Kier alpha value is -3.17. The Morgan fingerprint density at radius 1 is 1.29 bits per heavy atom. The molecule has 2 unspecified atom stereocenters. The number of hydrogen-bond donors (Lipinski definition) is 1. The first-order chi connectivity index (χ1) is 13.5. The van der Waals surface area contributed by atoms with E-state index in [2.05, 4.69) is 19.9 Å². The fourth-order valence-electron chi connectivity index (χ4n) is 3.66. The van der Waals surface area contributed by atoms with E-state index in [0.29, 0.717) is 23.0 Å². The van der Waals surface area contributed by atoms with E-state index in [1.807, 2.05) is 11.8 Å². The molecule has 1 fully saturated rings. The minimum atomic E-state index is -2.69. The van der Waals surface area contributed by atoms with E-state index in [-0.39, 0.29) is 23.6 Å². The lowest BCUT2D eigenvalue weighted by atomic mass is 9.89. The smallest absolute Gasteiger partial charge is 0.281 e. The molecule has 146 valence electrons. The third kappa shape index (κ3) is 3.14. The molecule has 28 heavy (non-hydrogen) atoms. The summed E-state index contributed by atoms with van der Waals surface area (Å²) in [6, 6.07) is 1.67. The van der Waals surface area contributed by atoms with Crippen molar-refractivity contribution in [2.24, 2.45) is 11.7 Å². The van der Waals surface area contributed by atoms with Crippen LogP contribution in [0.5, 0.6) is 0 Å². The van der Waals surface area contributed by atoms with Crippen molar-refractivity contribution >= 4 is 17.4 Å². The highest BCUT2D eigenvalue weighted by molar-refractivity contribution is 5.78. The molecule has 10 heteroatoms. The zero-order chi connectivity index (χ0) is 19.8. The summed E-state index contributed by atoms with van der Waals surface area (Å²) in [5, 5.41) is 0. The molecule has 0 aliphatic carbocycles. The van der Waals surface area contributed by atoms with E-state index in [4.69, 9.17) is 5.73 Å². The maximum absolute atomic E-state index is 13.0. The Morgan fingerprint density at radius 2 is 2.11 bits per heavy atom. The largest absolute Gasteiger partial charge is 0.369 e. The number of carbonyl (C=O) groups excluding carboxylic acids is 1. The molecule has 0 bridgehead atoms. The Kier molecular flexibility index (Phi) is 4.62. The topological polar surface area (TPSA) is 102 Å². The lowest BCUT2D eigenvalue weighted by Gasteiger charge is -2.38. The Balaban J connectivity index is 1.72. The van der Waals surface area contributed by atoms with Crippen molar-refractivity contribution in [3.05, 3.63) is 36.5 Å². The van der Waals surface area contributed by atoms with Crippen molar-refractivity contribution in [2.45, 2.75) is 32.2 Å². The summed E-state index contributed by atoms with van der Waals surface area (Å²) >= 11 is 0. The minimum absolute atomic E-state index is 0.0918. The van der Waals surface area contributed by atoms with Crippen LogP contribution in [0, 0.1) is 5.92 Å². The fourth-order valence-corrected chi connectivity index (χ4v) is 3.66. The van der Waals surface area contributed by atoms with Crippen LogP contribution in [0.4, 0.5) is 14.6 Å². The second kappa shape index (κ2) is 7.10. The van der Waals surface area contributed by atoms with Gasteiger partial charge in [-0.3, -0.25) is 9.20 Å². The number of anilines is 1. The summed E-state index contributed by atoms with van der Waals surface area (Å²) in [6.45, 7) is 2.69. The van der Waals surface area contributed by atoms with Crippen LogP contribution < -0.4 is 10.6 Å². The van der Waals surface area contributed by atoms with Crippen LogP contribution in [-0.2, 0) is 4.79 Å². The Morgan fingerprint density at radius 3 is 2.86 bits per heavy atom. The second-order valence-corrected chi connectivity index (χ2v) is 6.81. The third-order valence-corrected chi connectivity index (χ3v) is 5.16. The van der Waals surface area contributed by atoms with Crippen LogP contribution in [0.2, 0.25) is 0 Å². The van der Waals surface area contributed by atoms with Crippen LogP contribution in [0.3, 0.4) is 0 Å². The molecule has 0 radical (unpaired) electrons. The number of amides is 1. The Labute approximate surface area is 159 Å². The van der Waals surface area contributed by atoms with Crippen molar-refractivity contribution in [2.75, 3.05) is 11.4 Å². The molecule has 0 saturated carbocycles. The van der Waals surface area contributed by atoms with Crippen LogP contribution >= 0.6 is 0 Å². The van der Waals surface area contributed by atoms with Crippen LogP contribution in [0.1, 0.15) is 31.9 Å². The number of halogens is 2. The minimum Gasteiger partial charge on any atom is -0.369 e. The molecule has 1 aliphatic rings. The molecule has 1 aliphatic heterocycles. The van der Waals surface area contributed by atoms with Gasteiger partial charge in [-0.15, -0.1) is 0 Å². The molecule has 1 amide bonds. The van der Waals surface area contributed by atoms with E-state index in [0.717, 1.165) is 19.4 Å². The Bertz CT molecular complexity index is 1020. The predicted molar refractivity (Wildman–Crippen MR) is 97.7 cm³/mol. The second-order valence-electron chi connectivity index (χ2n) is 6.81. The van der Waals surface area contributed by atoms with Crippen molar-refractivity contribution in [1.82, 2.24) is 24.3 Å². The number of rotatable bonds is 4. The molecular formula is C18H19F2N7O. The van der Waals surface area contributed by atoms with Gasteiger partial charge in [0.2, 0.25) is 5.91 Å². The number of imidazole rings is 1. The molecule has 4 heterocycles. The summed E-state index contributed by atoms with van der Waals surface area (Å²) in [7, 11) is 0. The van der Waals surface area contributed by atoms with Gasteiger partial charge < -0.3 is 10.6 Å². The fraction of sp³-hybridized carbons (Fsp3) is 0.389. The van der Waals surface area contributed by atoms with Crippen LogP contribution in [0.15, 0.2) is 30.9 Å². The van der Waals surface area contributed by atoms with Gasteiger partial charge in [-0.05, 0) is 25.8 Å². The van der Waals surface area contributed by atoms with Crippen molar-refractivity contribution in [3.8, 4) is 11.5 Å². The van der Waals surface area contributed by atoms with Gasteiger partial charge in [0.25, 0.3) is 6.43 Å². The van der Waals surface area contributed by atoms with Gasteiger partial charge in [0.05, 0.1) is 18.3 Å². The van der Waals surface area contributed by atoms with Crippen LogP contribution in [-0.4, -0.2) is 42.8 Å². The number of alkyl halides is 2. The van der Waals surface area contributed by atoms with Crippen molar-refractivity contribution < 1.29 is 13.6 Å². The first-order valence-corrected chi connectivity index (χ1v) is 8.96. The number of hydrogen-bond acceptors (Lipinski definition) is 6. The van der Waals surface area contributed by atoms with Gasteiger partial charge in [-0.1, -0.05) is 0 Å².